The number of aromatic nitrogens is 1. The summed E-state index contributed by atoms with van der Waals surface area (Å²) in [6, 6.07) is 1.05. The van der Waals surface area contributed by atoms with E-state index >= 15 is 0 Å². The molecule has 1 aromatic heterocycles. The highest BCUT2D eigenvalue weighted by Crippen LogP contribution is 2.34. The minimum Gasteiger partial charge on any atom is -0.467 e. The van der Waals surface area contributed by atoms with Gasteiger partial charge in [0.1, 0.15) is 6.04 Å². The van der Waals surface area contributed by atoms with Gasteiger partial charge in [-0.25, -0.2) is 4.79 Å². The van der Waals surface area contributed by atoms with E-state index in [9.17, 15) is 14.4 Å². The molecule has 0 aromatic carbocycles. The Morgan fingerprint density at radius 2 is 2.04 bits per heavy atom. The summed E-state index contributed by atoms with van der Waals surface area (Å²) in [5.41, 5.74) is 3.04. The van der Waals surface area contributed by atoms with Crippen molar-refractivity contribution in [3.63, 3.8) is 0 Å². The van der Waals surface area contributed by atoms with Crippen LogP contribution in [-0.4, -0.2) is 39.7 Å². The van der Waals surface area contributed by atoms with Crippen molar-refractivity contribution in [2.24, 2.45) is 0 Å². The zero-order chi connectivity index (χ0) is 17.3. The van der Waals surface area contributed by atoms with Crippen LogP contribution in [0.2, 0.25) is 0 Å². The van der Waals surface area contributed by atoms with Crippen molar-refractivity contribution in [2.75, 3.05) is 7.11 Å². The number of carbonyl (C=O) groups is 3. The van der Waals surface area contributed by atoms with Gasteiger partial charge in [0.2, 0.25) is 0 Å². The van der Waals surface area contributed by atoms with E-state index in [4.69, 9.17) is 0 Å². The summed E-state index contributed by atoms with van der Waals surface area (Å²) in [4.78, 5) is 37.4. The zero-order valence-electron chi connectivity index (χ0n) is 13.9. The van der Waals surface area contributed by atoms with E-state index in [1.807, 2.05) is 19.9 Å². The van der Waals surface area contributed by atoms with Gasteiger partial charge in [0.15, 0.2) is 0 Å². The molecule has 0 saturated carbocycles. The maximum absolute atomic E-state index is 12.5. The van der Waals surface area contributed by atoms with E-state index in [1.165, 1.54) is 14.0 Å². The monoisotopic (exact) mass is 336 g/mol. The number of methoxy groups -OCH3 is 1. The van der Waals surface area contributed by atoms with Crippen LogP contribution in [0.3, 0.4) is 0 Å². The number of amides is 2. The summed E-state index contributed by atoms with van der Waals surface area (Å²) in [6.45, 7) is 8.35. The van der Waals surface area contributed by atoms with Crippen LogP contribution in [0.4, 0.5) is 4.79 Å². The summed E-state index contributed by atoms with van der Waals surface area (Å²) in [5.74, 6) is -1.07. The average molecular weight is 336 g/mol. The molecule has 23 heavy (non-hydrogen) atoms. The first kappa shape index (κ1) is 17.3. The second kappa shape index (κ2) is 6.62. The van der Waals surface area contributed by atoms with Crippen LogP contribution in [0.1, 0.15) is 30.8 Å². The van der Waals surface area contributed by atoms with Crippen LogP contribution in [0.5, 0.6) is 0 Å². The van der Waals surface area contributed by atoms with Crippen molar-refractivity contribution in [1.29, 1.82) is 0 Å². The van der Waals surface area contributed by atoms with Crippen molar-refractivity contribution < 1.29 is 19.1 Å². The molecule has 7 heteroatoms. The molecule has 1 aliphatic rings. The predicted molar refractivity (Wildman–Crippen MR) is 88.9 cm³/mol. The number of nitrogens with zero attached hydrogens (tertiary/aromatic N) is 2. The fraction of sp³-hybridized carbons (Fsp3) is 0.438. The minimum atomic E-state index is -0.929. The SMILES string of the molecule is CCn1c(C)cc(/C=C2/SC(=O)N([C@@H](C)C(=O)OC)C2=O)c1C. The largest absolute Gasteiger partial charge is 0.467 e. The second-order valence-corrected chi connectivity index (χ2v) is 6.31. The summed E-state index contributed by atoms with van der Waals surface area (Å²) in [7, 11) is 1.23. The molecule has 2 heterocycles. The maximum Gasteiger partial charge on any atom is 0.328 e. The quantitative estimate of drug-likeness (QED) is 0.625. The third kappa shape index (κ3) is 3.06. The molecule has 2 amide bonds. The fourth-order valence-corrected chi connectivity index (χ4v) is 3.59. The van der Waals surface area contributed by atoms with E-state index in [0.717, 1.165) is 40.2 Å². The van der Waals surface area contributed by atoms with Gasteiger partial charge in [-0.15, -0.1) is 0 Å². The number of esters is 1. The third-order valence-electron chi connectivity index (χ3n) is 3.97. The number of carbonyl (C=O) groups excluding carboxylic acids is 3. The van der Waals surface area contributed by atoms with Gasteiger partial charge in [-0.1, -0.05) is 0 Å². The Morgan fingerprint density at radius 1 is 1.39 bits per heavy atom. The standard InChI is InChI=1S/C16H20N2O4S/c1-6-17-9(2)7-12(10(17)3)8-13-14(19)18(16(21)23-13)11(4)15(20)22-5/h7-8,11H,6H2,1-5H3/b13-8+/t11-/m0/s1. The third-order valence-corrected chi connectivity index (χ3v) is 4.85. The lowest BCUT2D eigenvalue weighted by Gasteiger charge is -2.18. The van der Waals surface area contributed by atoms with Crippen LogP contribution < -0.4 is 0 Å². The maximum atomic E-state index is 12.5. The molecule has 0 aliphatic carbocycles. The lowest BCUT2D eigenvalue weighted by atomic mass is 10.2. The Morgan fingerprint density at radius 3 is 2.57 bits per heavy atom. The van der Waals surface area contributed by atoms with Crippen LogP contribution >= 0.6 is 11.8 Å². The molecule has 1 aromatic rings. The topological polar surface area (TPSA) is 68.6 Å². The first-order valence-electron chi connectivity index (χ1n) is 7.33. The summed E-state index contributed by atoms with van der Waals surface area (Å²) in [5, 5.41) is -0.455. The lowest BCUT2D eigenvalue weighted by Crippen LogP contribution is -2.42. The van der Waals surface area contributed by atoms with E-state index < -0.39 is 23.2 Å². The molecule has 1 atom stereocenters. The minimum absolute atomic E-state index is 0.321. The highest BCUT2D eigenvalue weighted by atomic mass is 32.2. The van der Waals surface area contributed by atoms with Gasteiger partial charge >= 0.3 is 5.97 Å². The second-order valence-electron chi connectivity index (χ2n) is 5.32. The molecule has 0 spiro atoms. The Balaban J connectivity index is 2.34. The summed E-state index contributed by atoms with van der Waals surface area (Å²) < 4.78 is 6.74. The molecule has 1 saturated heterocycles. The van der Waals surface area contributed by atoms with Gasteiger partial charge in [-0.3, -0.25) is 14.5 Å². The van der Waals surface area contributed by atoms with E-state index in [1.54, 1.807) is 6.08 Å². The molecule has 0 bridgehead atoms. The Hall–Kier alpha value is -2.02. The molecule has 124 valence electrons. The number of rotatable bonds is 4. The molecule has 1 fully saturated rings. The highest BCUT2D eigenvalue weighted by molar-refractivity contribution is 8.18. The average Bonchev–Trinajstić information content (AvgIpc) is 2.94. The molecule has 0 radical (unpaired) electrons. The Kier molecular flexibility index (Phi) is 4.99. The van der Waals surface area contributed by atoms with Gasteiger partial charge in [-0.2, -0.15) is 0 Å². The molecule has 1 aliphatic heterocycles. The van der Waals surface area contributed by atoms with Gasteiger partial charge in [-0.05, 0) is 57.2 Å². The fourth-order valence-electron chi connectivity index (χ4n) is 2.69. The lowest BCUT2D eigenvalue weighted by molar-refractivity contribution is -0.148. The number of hydrogen-bond donors (Lipinski definition) is 0. The number of aryl methyl sites for hydroxylation is 1. The van der Waals surface area contributed by atoms with Crippen LogP contribution in [0.15, 0.2) is 11.0 Å². The molecular formula is C16H20N2O4S. The number of imide groups is 1. The molecule has 6 nitrogen and oxygen atoms in total. The van der Waals surface area contributed by atoms with E-state index in [0.29, 0.717) is 4.91 Å². The molecule has 0 unspecified atom stereocenters. The molecule has 2 rings (SSSR count). The summed E-state index contributed by atoms with van der Waals surface area (Å²) in [6.07, 6.45) is 1.71. The molecular weight excluding hydrogens is 316 g/mol. The first-order valence-corrected chi connectivity index (χ1v) is 8.15. The Labute approximate surface area is 139 Å². The highest BCUT2D eigenvalue weighted by Gasteiger charge is 2.41. The molecule has 0 N–H and O–H groups in total. The van der Waals surface area contributed by atoms with Crippen molar-refractivity contribution in [2.45, 2.75) is 40.3 Å². The Bertz CT molecular complexity index is 705. The van der Waals surface area contributed by atoms with Gasteiger partial charge in [0.25, 0.3) is 11.1 Å². The van der Waals surface area contributed by atoms with Crippen LogP contribution in [-0.2, 0) is 20.9 Å². The van der Waals surface area contributed by atoms with Crippen molar-refractivity contribution in [3.05, 3.63) is 27.9 Å². The number of hydrogen-bond acceptors (Lipinski definition) is 5. The van der Waals surface area contributed by atoms with Gasteiger partial charge in [0.05, 0.1) is 12.0 Å². The van der Waals surface area contributed by atoms with Crippen molar-refractivity contribution in [1.82, 2.24) is 9.47 Å². The van der Waals surface area contributed by atoms with Gasteiger partial charge < -0.3 is 9.30 Å². The van der Waals surface area contributed by atoms with E-state index in [-0.39, 0.29) is 0 Å². The van der Waals surface area contributed by atoms with E-state index in [2.05, 4.69) is 16.2 Å². The predicted octanol–water partition coefficient (Wildman–Crippen LogP) is 2.72. The smallest absolute Gasteiger partial charge is 0.328 e. The number of thioether (sulfide) groups is 1. The first-order chi connectivity index (χ1) is 10.8. The van der Waals surface area contributed by atoms with Crippen LogP contribution in [0, 0.1) is 13.8 Å². The van der Waals surface area contributed by atoms with Crippen molar-refractivity contribution >= 4 is 35.0 Å². The van der Waals surface area contributed by atoms with Crippen LogP contribution in [0.25, 0.3) is 6.08 Å². The van der Waals surface area contributed by atoms with Crippen molar-refractivity contribution in [3.8, 4) is 0 Å². The normalized spacial score (nSPS) is 18.0. The zero-order valence-corrected chi connectivity index (χ0v) is 14.7. The summed E-state index contributed by atoms with van der Waals surface area (Å²) >= 11 is 0.846. The van der Waals surface area contributed by atoms with Gasteiger partial charge in [0, 0.05) is 17.9 Å². The number of ether oxygens (including phenoxy) is 1.